The van der Waals surface area contributed by atoms with Gasteiger partial charge in [-0.15, -0.1) is 0 Å². The molecule has 12 nitrogen and oxygen atoms in total. The number of hydrogen-bond donors (Lipinski definition) is 1. The highest BCUT2D eigenvalue weighted by molar-refractivity contribution is 7.90. The minimum Gasteiger partial charge on any atom is -0.384 e. The number of methoxy groups -OCH3 is 1. The van der Waals surface area contributed by atoms with E-state index < -0.39 is 40.0 Å². The molecule has 1 saturated heterocycles. The summed E-state index contributed by atoms with van der Waals surface area (Å²) in [6, 6.07) is 17.6. The van der Waals surface area contributed by atoms with Crippen LogP contribution in [0.15, 0.2) is 60.7 Å². The van der Waals surface area contributed by atoms with Crippen LogP contribution in [0.25, 0.3) is 16.7 Å². The molecule has 1 aliphatic carbocycles. The fourth-order valence-electron chi connectivity index (χ4n) is 6.68. The molecule has 3 aliphatic rings. The molecule has 0 atom stereocenters. The summed E-state index contributed by atoms with van der Waals surface area (Å²) in [4.78, 5) is 47.1. The molecule has 1 saturated carbocycles. The second-order valence-electron chi connectivity index (χ2n) is 12.4. The first kappa shape index (κ1) is 31.0. The van der Waals surface area contributed by atoms with Crippen molar-refractivity contribution in [2.75, 3.05) is 44.0 Å². The van der Waals surface area contributed by atoms with Crippen molar-refractivity contribution in [2.24, 2.45) is 5.92 Å². The predicted octanol–water partition coefficient (Wildman–Crippen LogP) is 3.91. The second kappa shape index (κ2) is 12.5. The van der Waals surface area contributed by atoms with E-state index >= 15 is 0 Å². The van der Waals surface area contributed by atoms with E-state index in [1.54, 1.807) is 30.0 Å². The van der Waals surface area contributed by atoms with Crippen LogP contribution in [-0.4, -0.2) is 84.9 Å². The van der Waals surface area contributed by atoms with E-state index in [0.717, 1.165) is 72.5 Å². The zero-order valence-electron chi connectivity index (χ0n) is 26.1. The number of aromatic nitrogens is 3. The first-order valence-electron chi connectivity index (χ1n) is 16.0. The SMILES string of the molecule is COCC1CCN(c2cc(C(=O)NS(=O)(=O)CCN3C(=O)c4ccccc4C3=O)nc3c2c(C2CCC2)nn3-c2ccccc2)CC1. The third-order valence-electron chi connectivity index (χ3n) is 9.44. The molecule has 0 radical (unpaired) electrons. The molecule has 2 fully saturated rings. The number of benzene rings is 2. The van der Waals surface area contributed by atoms with E-state index in [-0.39, 0.29) is 22.7 Å². The van der Waals surface area contributed by atoms with Crippen molar-refractivity contribution < 1.29 is 27.5 Å². The zero-order chi connectivity index (χ0) is 32.7. The molecule has 4 aromatic rings. The smallest absolute Gasteiger partial charge is 0.283 e. The van der Waals surface area contributed by atoms with Crippen LogP contribution in [0.1, 0.15) is 74.9 Å². The first-order valence-corrected chi connectivity index (χ1v) is 17.6. The molecule has 47 heavy (non-hydrogen) atoms. The standard InChI is InChI=1S/C34H36N6O6S/c1-46-21-22-14-16-38(17-15-22)28-20-27(35-31-29(28)30(23-8-7-9-23)36-40(31)24-10-3-2-4-11-24)32(41)37-47(44,45)19-18-39-33(42)25-12-5-6-13-26(25)34(39)43/h2-6,10-13,20,22-23H,7-9,14-19,21H2,1H3,(H,37,41). The van der Waals surface area contributed by atoms with E-state index in [2.05, 4.69) is 9.62 Å². The van der Waals surface area contributed by atoms with Gasteiger partial charge in [0.25, 0.3) is 17.7 Å². The number of para-hydroxylation sites is 1. The van der Waals surface area contributed by atoms with Gasteiger partial charge in [0.05, 0.1) is 39.3 Å². The molecular weight excluding hydrogens is 620 g/mol. The van der Waals surface area contributed by atoms with E-state index in [1.807, 2.05) is 30.3 Å². The van der Waals surface area contributed by atoms with Gasteiger partial charge in [-0.1, -0.05) is 36.8 Å². The van der Waals surface area contributed by atoms with Crippen molar-refractivity contribution in [1.29, 1.82) is 0 Å². The summed E-state index contributed by atoms with van der Waals surface area (Å²) in [6.07, 6.45) is 4.98. The molecule has 244 valence electrons. The molecule has 1 N–H and O–H groups in total. The Hall–Kier alpha value is -4.62. The molecule has 2 aromatic heterocycles. The molecule has 3 amide bonds. The van der Waals surface area contributed by atoms with Gasteiger partial charge < -0.3 is 9.64 Å². The van der Waals surface area contributed by atoms with Crippen LogP contribution in [0.5, 0.6) is 0 Å². The molecule has 13 heteroatoms. The lowest BCUT2D eigenvalue weighted by molar-refractivity contribution is 0.0664. The lowest BCUT2D eigenvalue weighted by Crippen LogP contribution is -2.40. The zero-order valence-corrected chi connectivity index (χ0v) is 26.9. The predicted molar refractivity (Wildman–Crippen MR) is 175 cm³/mol. The summed E-state index contributed by atoms with van der Waals surface area (Å²) in [5.74, 6) is -1.95. The molecule has 2 aliphatic heterocycles. The summed E-state index contributed by atoms with van der Waals surface area (Å²) in [7, 11) is -2.55. The largest absolute Gasteiger partial charge is 0.384 e. The summed E-state index contributed by atoms with van der Waals surface area (Å²) >= 11 is 0. The molecule has 0 spiro atoms. The minimum atomic E-state index is -4.26. The van der Waals surface area contributed by atoms with Gasteiger partial charge in [0.15, 0.2) is 5.65 Å². The highest BCUT2D eigenvalue weighted by atomic mass is 32.2. The number of anilines is 1. The Morgan fingerprint density at radius 3 is 2.23 bits per heavy atom. The Morgan fingerprint density at radius 2 is 1.62 bits per heavy atom. The number of hydrogen-bond acceptors (Lipinski definition) is 9. The number of piperidine rings is 1. The van der Waals surface area contributed by atoms with Gasteiger partial charge in [-0.25, -0.2) is 22.8 Å². The maximum atomic E-state index is 13.7. The number of rotatable bonds is 10. The number of carbonyl (C=O) groups excluding carboxylic acids is 3. The van der Waals surface area contributed by atoms with Crippen LogP contribution >= 0.6 is 0 Å². The van der Waals surface area contributed by atoms with Crippen molar-refractivity contribution in [3.63, 3.8) is 0 Å². The van der Waals surface area contributed by atoms with Gasteiger partial charge >= 0.3 is 0 Å². The fourth-order valence-corrected chi connectivity index (χ4v) is 7.59. The van der Waals surface area contributed by atoms with E-state index in [4.69, 9.17) is 14.8 Å². The quantitative estimate of drug-likeness (QED) is 0.251. The van der Waals surface area contributed by atoms with Crippen LogP contribution in [0.3, 0.4) is 0 Å². The van der Waals surface area contributed by atoms with E-state index in [9.17, 15) is 22.8 Å². The molecular formula is C34H36N6O6S. The van der Waals surface area contributed by atoms with Crippen molar-refractivity contribution in [1.82, 2.24) is 24.4 Å². The Kier molecular flexibility index (Phi) is 8.27. The van der Waals surface area contributed by atoms with Gasteiger partial charge in [0.2, 0.25) is 10.0 Å². The van der Waals surface area contributed by atoms with E-state index in [1.165, 1.54) is 12.1 Å². The summed E-state index contributed by atoms with van der Waals surface area (Å²) in [5.41, 5.74) is 3.42. The van der Waals surface area contributed by atoms with Crippen LogP contribution in [0, 0.1) is 5.92 Å². The highest BCUT2D eigenvalue weighted by Gasteiger charge is 2.36. The molecule has 0 unspecified atom stereocenters. The summed E-state index contributed by atoms with van der Waals surface area (Å²) in [5, 5.41) is 5.93. The second-order valence-corrected chi connectivity index (χ2v) is 14.3. The number of pyridine rings is 1. The first-order chi connectivity index (χ1) is 22.7. The van der Waals surface area contributed by atoms with Crippen LogP contribution in [0.2, 0.25) is 0 Å². The fraction of sp³-hybridized carbons (Fsp3) is 0.382. The summed E-state index contributed by atoms with van der Waals surface area (Å²) in [6.45, 7) is 1.78. The topological polar surface area (TPSA) is 144 Å². The normalized spacial score (nSPS) is 17.3. The van der Waals surface area contributed by atoms with Crippen molar-refractivity contribution in [3.05, 3.63) is 83.2 Å². The minimum absolute atomic E-state index is 0.0620. The van der Waals surface area contributed by atoms with Crippen LogP contribution < -0.4 is 9.62 Å². The van der Waals surface area contributed by atoms with Crippen molar-refractivity contribution >= 4 is 44.5 Å². The number of amides is 3. The number of sulfonamides is 1. The third kappa shape index (κ3) is 5.89. The average Bonchev–Trinajstić information content (AvgIpc) is 3.54. The summed E-state index contributed by atoms with van der Waals surface area (Å²) < 4.78 is 35.7. The maximum absolute atomic E-state index is 13.7. The Morgan fingerprint density at radius 1 is 0.957 bits per heavy atom. The van der Waals surface area contributed by atoms with Crippen molar-refractivity contribution in [2.45, 2.75) is 38.0 Å². The Labute approximate surface area is 272 Å². The number of fused-ring (bicyclic) bond motifs is 2. The lowest BCUT2D eigenvalue weighted by atomic mass is 9.82. The number of ether oxygens (including phenoxy) is 1. The molecule has 2 aromatic carbocycles. The van der Waals surface area contributed by atoms with Crippen LogP contribution in [-0.2, 0) is 14.8 Å². The number of nitrogens with zero attached hydrogens (tertiary/aromatic N) is 5. The van der Waals surface area contributed by atoms with Gasteiger partial charge in [-0.2, -0.15) is 5.10 Å². The van der Waals surface area contributed by atoms with Crippen LogP contribution in [0.4, 0.5) is 5.69 Å². The maximum Gasteiger partial charge on any atom is 0.283 e. The van der Waals surface area contributed by atoms with Gasteiger partial charge in [-0.05, 0) is 61.9 Å². The third-order valence-corrected chi connectivity index (χ3v) is 10.7. The number of carbonyl (C=O) groups is 3. The molecule has 0 bridgehead atoms. The molecule has 4 heterocycles. The number of imide groups is 1. The van der Waals surface area contributed by atoms with Gasteiger partial charge in [0.1, 0.15) is 5.69 Å². The highest BCUT2D eigenvalue weighted by Crippen LogP contribution is 2.43. The Bertz CT molecular complexity index is 1930. The van der Waals surface area contributed by atoms with Gasteiger partial charge in [-0.3, -0.25) is 19.3 Å². The van der Waals surface area contributed by atoms with Gasteiger partial charge in [0, 0.05) is 39.3 Å². The Balaban J connectivity index is 1.21. The lowest BCUT2D eigenvalue weighted by Gasteiger charge is -2.34. The number of nitrogens with one attached hydrogen (secondary N) is 1. The van der Waals surface area contributed by atoms with Crippen molar-refractivity contribution in [3.8, 4) is 5.69 Å². The molecule has 7 rings (SSSR count). The van der Waals surface area contributed by atoms with E-state index in [0.29, 0.717) is 18.2 Å². The average molecular weight is 657 g/mol. The monoisotopic (exact) mass is 656 g/mol.